The van der Waals surface area contributed by atoms with E-state index in [0.29, 0.717) is 22.7 Å². The molecule has 36 heavy (non-hydrogen) atoms. The number of ether oxygens (including phenoxy) is 1. The van der Waals surface area contributed by atoms with Crippen molar-refractivity contribution in [2.24, 2.45) is 0 Å². The van der Waals surface area contributed by atoms with E-state index in [1.807, 2.05) is 26.8 Å². The van der Waals surface area contributed by atoms with E-state index in [2.05, 4.69) is 10.6 Å². The Kier molecular flexibility index (Phi) is 7.31. The quantitative estimate of drug-likeness (QED) is 0.623. The number of amides is 2. The van der Waals surface area contributed by atoms with Gasteiger partial charge in [0.25, 0.3) is 11.8 Å². The van der Waals surface area contributed by atoms with Crippen LogP contribution in [0.2, 0.25) is 0 Å². The minimum atomic E-state index is -3.67. The molecular weight excluding hydrogens is 478 g/mol. The number of carbonyl (C=O) groups excluding carboxylic acids is 2. The van der Waals surface area contributed by atoms with Gasteiger partial charge in [0.05, 0.1) is 29.7 Å². The maximum absolute atomic E-state index is 13.3. The third kappa shape index (κ3) is 5.83. The van der Waals surface area contributed by atoms with Crippen molar-refractivity contribution in [1.29, 1.82) is 0 Å². The summed E-state index contributed by atoms with van der Waals surface area (Å²) in [5.41, 5.74) is 1.91. The largest absolute Gasteiger partial charge is 0.476 e. The van der Waals surface area contributed by atoms with Gasteiger partial charge in [0.1, 0.15) is 5.75 Å². The second kappa shape index (κ2) is 10.1. The van der Waals surface area contributed by atoms with Crippen LogP contribution in [0.4, 0.5) is 11.4 Å². The minimum Gasteiger partial charge on any atom is -0.476 e. The third-order valence-electron chi connectivity index (χ3n) is 6.76. The van der Waals surface area contributed by atoms with Crippen LogP contribution in [0.25, 0.3) is 0 Å². The number of sulfonamides is 1. The van der Waals surface area contributed by atoms with E-state index in [-0.39, 0.29) is 23.9 Å². The van der Waals surface area contributed by atoms with Crippen molar-refractivity contribution in [2.75, 3.05) is 22.4 Å². The summed E-state index contributed by atoms with van der Waals surface area (Å²) >= 11 is 0. The molecule has 0 bridgehead atoms. The standard InChI is InChI=1S/C27H35N3O5S/c1-27(2,3)18-14-15-23-22(16-18)30(36(4,33)34)17-24(35-23)26(32)29-21-13-9-8-12-20(21)25(31)28-19-10-6-5-7-11-19/h8-9,12-16,19,24H,5-7,10-11,17H2,1-4H3,(H,28,31)(H,29,32). The highest BCUT2D eigenvalue weighted by atomic mass is 32.2. The first-order valence-corrected chi connectivity index (χ1v) is 14.3. The number of nitrogens with zero attached hydrogens (tertiary/aromatic N) is 1. The first kappa shape index (κ1) is 26.0. The lowest BCUT2D eigenvalue weighted by Crippen LogP contribution is -2.48. The topological polar surface area (TPSA) is 105 Å². The van der Waals surface area contributed by atoms with Gasteiger partial charge in [-0.3, -0.25) is 13.9 Å². The molecular formula is C27H35N3O5S. The SMILES string of the molecule is CC(C)(C)c1ccc2c(c1)N(S(C)(=O)=O)CC(C(=O)Nc1ccccc1C(=O)NC1CCCCC1)O2. The monoisotopic (exact) mass is 513 g/mol. The average Bonchev–Trinajstić information content (AvgIpc) is 2.82. The molecule has 2 N–H and O–H groups in total. The summed E-state index contributed by atoms with van der Waals surface area (Å²) in [6, 6.07) is 12.3. The molecule has 8 nitrogen and oxygen atoms in total. The van der Waals surface area contributed by atoms with Crippen LogP contribution < -0.4 is 19.7 Å². The number of hydrogen-bond acceptors (Lipinski definition) is 5. The Balaban J connectivity index is 1.55. The summed E-state index contributed by atoms with van der Waals surface area (Å²) in [5.74, 6) is -0.435. The molecule has 0 saturated heterocycles. The van der Waals surface area contributed by atoms with Crippen LogP contribution in [-0.4, -0.2) is 45.2 Å². The van der Waals surface area contributed by atoms with Gasteiger partial charge in [0.15, 0.2) is 6.10 Å². The van der Waals surface area contributed by atoms with Gasteiger partial charge in [-0.15, -0.1) is 0 Å². The first-order valence-electron chi connectivity index (χ1n) is 12.4. The Hall–Kier alpha value is -3.07. The Morgan fingerprint density at radius 3 is 2.39 bits per heavy atom. The Morgan fingerprint density at radius 2 is 1.72 bits per heavy atom. The summed E-state index contributed by atoms with van der Waals surface area (Å²) in [5, 5.41) is 5.87. The highest BCUT2D eigenvalue weighted by molar-refractivity contribution is 7.92. The van der Waals surface area contributed by atoms with Gasteiger partial charge in [-0.05, 0) is 48.1 Å². The van der Waals surface area contributed by atoms with Gasteiger partial charge in [-0.2, -0.15) is 0 Å². The van der Waals surface area contributed by atoms with Gasteiger partial charge >= 0.3 is 0 Å². The van der Waals surface area contributed by atoms with Crippen LogP contribution in [0, 0.1) is 0 Å². The zero-order chi connectivity index (χ0) is 26.1. The molecule has 1 heterocycles. The van der Waals surface area contributed by atoms with Crippen molar-refractivity contribution in [3.8, 4) is 5.75 Å². The molecule has 1 aliphatic carbocycles. The van der Waals surface area contributed by atoms with E-state index in [9.17, 15) is 18.0 Å². The van der Waals surface area contributed by atoms with E-state index >= 15 is 0 Å². The minimum absolute atomic E-state index is 0.134. The molecule has 2 amide bonds. The van der Waals surface area contributed by atoms with Crippen LogP contribution in [0.15, 0.2) is 42.5 Å². The number of benzene rings is 2. The fraction of sp³-hybridized carbons (Fsp3) is 0.481. The van der Waals surface area contributed by atoms with E-state index < -0.39 is 22.0 Å². The maximum Gasteiger partial charge on any atom is 0.267 e. The summed E-state index contributed by atoms with van der Waals surface area (Å²) in [6.45, 7) is 5.96. The number of rotatable bonds is 5. The maximum atomic E-state index is 13.3. The summed E-state index contributed by atoms with van der Waals surface area (Å²) in [6.07, 6.45) is 5.32. The molecule has 194 valence electrons. The zero-order valence-corrected chi connectivity index (χ0v) is 22.2. The number of anilines is 2. The van der Waals surface area contributed by atoms with E-state index in [0.717, 1.165) is 37.5 Å². The molecule has 1 saturated carbocycles. The third-order valence-corrected chi connectivity index (χ3v) is 7.90. The van der Waals surface area contributed by atoms with Crippen LogP contribution in [0.1, 0.15) is 68.8 Å². The Labute approximate surface area is 213 Å². The predicted octanol–water partition coefficient (Wildman–Crippen LogP) is 4.21. The van der Waals surface area contributed by atoms with E-state index in [1.165, 1.54) is 10.7 Å². The van der Waals surface area contributed by atoms with Gasteiger partial charge < -0.3 is 15.4 Å². The molecule has 0 radical (unpaired) electrons. The second-order valence-corrected chi connectivity index (χ2v) is 12.6. The number of para-hydroxylation sites is 1. The fourth-order valence-electron chi connectivity index (χ4n) is 4.68. The van der Waals surface area contributed by atoms with Gasteiger partial charge in [0.2, 0.25) is 10.0 Å². The molecule has 4 rings (SSSR count). The van der Waals surface area contributed by atoms with Crippen molar-refractivity contribution in [1.82, 2.24) is 5.32 Å². The molecule has 0 aromatic heterocycles. The van der Waals surface area contributed by atoms with Crippen molar-refractivity contribution >= 4 is 33.2 Å². The lowest BCUT2D eigenvalue weighted by molar-refractivity contribution is -0.122. The van der Waals surface area contributed by atoms with Crippen molar-refractivity contribution in [3.63, 3.8) is 0 Å². The summed E-state index contributed by atoms with van der Waals surface area (Å²) in [4.78, 5) is 26.2. The molecule has 2 aliphatic rings. The average molecular weight is 514 g/mol. The van der Waals surface area contributed by atoms with Crippen LogP contribution in [0.5, 0.6) is 5.75 Å². The van der Waals surface area contributed by atoms with E-state index in [4.69, 9.17) is 4.74 Å². The molecule has 1 aliphatic heterocycles. The normalized spacial score (nSPS) is 18.7. The molecule has 2 aromatic carbocycles. The smallest absolute Gasteiger partial charge is 0.267 e. The van der Waals surface area contributed by atoms with Crippen molar-refractivity contribution in [3.05, 3.63) is 53.6 Å². The van der Waals surface area contributed by atoms with Crippen LogP contribution in [-0.2, 0) is 20.2 Å². The van der Waals surface area contributed by atoms with E-state index in [1.54, 1.807) is 36.4 Å². The molecule has 0 spiro atoms. The highest BCUT2D eigenvalue weighted by Crippen LogP contribution is 2.38. The molecule has 1 unspecified atom stereocenters. The second-order valence-electron chi connectivity index (χ2n) is 10.7. The van der Waals surface area contributed by atoms with Gasteiger partial charge in [0, 0.05) is 6.04 Å². The Morgan fingerprint density at radius 1 is 1.03 bits per heavy atom. The fourth-order valence-corrected chi connectivity index (χ4v) is 5.59. The van der Waals surface area contributed by atoms with Crippen molar-refractivity contribution in [2.45, 2.75) is 70.4 Å². The summed E-state index contributed by atoms with van der Waals surface area (Å²) < 4.78 is 32.5. The number of carbonyl (C=O) groups is 2. The molecule has 9 heteroatoms. The predicted molar refractivity (Wildman–Crippen MR) is 141 cm³/mol. The number of fused-ring (bicyclic) bond motifs is 1. The number of hydrogen-bond donors (Lipinski definition) is 2. The van der Waals surface area contributed by atoms with Crippen molar-refractivity contribution < 1.29 is 22.7 Å². The first-order chi connectivity index (χ1) is 16.9. The molecule has 2 aromatic rings. The lowest BCUT2D eigenvalue weighted by atomic mass is 9.86. The Bertz CT molecular complexity index is 1250. The highest BCUT2D eigenvalue weighted by Gasteiger charge is 2.36. The lowest BCUT2D eigenvalue weighted by Gasteiger charge is -2.35. The van der Waals surface area contributed by atoms with Crippen LogP contribution in [0.3, 0.4) is 0 Å². The van der Waals surface area contributed by atoms with Gasteiger partial charge in [-0.25, -0.2) is 8.42 Å². The summed E-state index contributed by atoms with van der Waals surface area (Å²) in [7, 11) is -3.67. The van der Waals surface area contributed by atoms with Gasteiger partial charge in [-0.1, -0.05) is 58.2 Å². The molecule has 1 fully saturated rings. The van der Waals surface area contributed by atoms with Crippen LogP contribution >= 0.6 is 0 Å². The zero-order valence-electron chi connectivity index (χ0n) is 21.3. The number of nitrogens with one attached hydrogen (secondary N) is 2. The molecule has 1 atom stereocenters.